The molecule has 0 unspecified atom stereocenters. The van der Waals surface area contributed by atoms with Crippen molar-refractivity contribution in [1.82, 2.24) is 10.2 Å². The lowest BCUT2D eigenvalue weighted by molar-refractivity contribution is -0.130. The average Bonchev–Trinajstić information content (AvgIpc) is 2.47. The van der Waals surface area contributed by atoms with Gasteiger partial charge in [-0.2, -0.15) is 0 Å². The molecule has 0 radical (unpaired) electrons. The fraction of sp³-hybridized carbons (Fsp3) is 0.857. The maximum atomic E-state index is 11.7. The lowest BCUT2D eigenvalue weighted by atomic mass is 9.85. The summed E-state index contributed by atoms with van der Waals surface area (Å²) >= 11 is 0. The zero-order valence-electron chi connectivity index (χ0n) is 11.1. The molecule has 102 valence electrons. The number of nitrogens with one attached hydrogen (secondary N) is 1. The maximum absolute atomic E-state index is 11.7. The average molecular weight is 252 g/mol. The van der Waals surface area contributed by atoms with Crippen LogP contribution < -0.4 is 5.32 Å². The van der Waals surface area contributed by atoms with Gasteiger partial charge in [0.2, 0.25) is 11.8 Å². The summed E-state index contributed by atoms with van der Waals surface area (Å²) in [5.74, 6) is 0.770. The molecule has 1 N–H and O–H groups in total. The third-order valence-corrected chi connectivity index (χ3v) is 4.05. The second-order valence-electron chi connectivity index (χ2n) is 5.46. The van der Waals surface area contributed by atoms with Gasteiger partial charge in [-0.1, -0.05) is 12.8 Å². The van der Waals surface area contributed by atoms with Crippen LogP contribution in [0.25, 0.3) is 0 Å². The van der Waals surface area contributed by atoms with Gasteiger partial charge in [0.1, 0.15) is 0 Å². The number of carbonyl (C=O) groups excluding carboxylic acids is 2. The van der Waals surface area contributed by atoms with E-state index >= 15 is 0 Å². The van der Waals surface area contributed by atoms with Crippen LogP contribution in [0.1, 0.15) is 51.4 Å². The number of amides is 2. The van der Waals surface area contributed by atoms with Gasteiger partial charge in [0, 0.05) is 32.0 Å². The first-order chi connectivity index (χ1) is 8.77. The largest absolute Gasteiger partial charge is 0.356 e. The van der Waals surface area contributed by atoms with E-state index in [1.165, 1.54) is 12.8 Å². The molecule has 2 amide bonds. The van der Waals surface area contributed by atoms with Crippen molar-refractivity contribution in [3.8, 4) is 0 Å². The van der Waals surface area contributed by atoms with Crippen LogP contribution in [0.4, 0.5) is 0 Å². The summed E-state index contributed by atoms with van der Waals surface area (Å²) in [5.41, 5.74) is 0. The molecule has 1 aliphatic carbocycles. The van der Waals surface area contributed by atoms with Crippen molar-refractivity contribution in [2.45, 2.75) is 51.4 Å². The van der Waals surface area contributed by atoms with Crippen LogP contribution >= 0.6 is 0 Å². The van der Waals surface area contributed by atoms with E-state index in [0.717, 1.165) is 45.2 Å². The molecule has 1 saturated heterocycles. The number of hydrogen-bond donors (Lipinski definition) is 1. The number of hydrogen-bond acceptors (Lipinski definition) is 2. The molecule has 0 aromatic carbocycles. The maximum Gasteiger partial charge on any atom is 0.223 e. The van der Waals surface area contributed by atoms with Gasteiger partial charge < -0.3 is 10.2 Å². The summed E-state index contributed by atoms with van der Waals surface area (Å²) < 4.78 is 0. The number of likely N-dealkylation sites (tertiary alicyclic amines) is 1. The van der Waals surface area contributed by atoms with Crippen LogP contribution in [0, 0.1) is 5.92 Å². The fourth-order valence-corrected chi connectivity index (χ4v) is 2.57. The predicted molar refractivity (Wildman–Crippen MR) is 70.0 cm³/mol. The topological polar surface area (TPSA) is 49.4 Å². The number of rotatable bonds is 5. The van der Waals surface area contributed by atoms with Crippen LogP contribution in [-0.2, 0) is 9.59 Å². The van der Waals surface area contributed by atoms with Crippen LogP contribution in [0.3, 0.4) is 0 Å². The van der Waals surface area contributed by atoms with E-state index < -0.39 is 0 Å². The zero-order valence-corrected chi connectivity index (χ0v) is 11.1. The molecule has 4 nitrogen and oxygen atoms in total. The van der Waals surface area contributed by atoms with Gasteiger partial charge >= 0.3 is 0 Å². The van der Waals surface area contributed by atoms with Crippen LogP contribution in [0.15, 0.2) is 0 Å². The lowest BCUT2D eigenvalue weighted by Gasteiger charge is -2.24. The second kappa shape index (κ2) is 6.76. The van der Waals surface area contributed by atoms with Crippen molar-refractivity contribution >= 4 is 11.8 Å². The highest BCUT2D eigenvalue weighted by atomic mass is 16.2. The Labute approximate surface area is 109 Å². The van der Waals surface area contributed by atoms with E-state index in [0.29, 0.717) is 13.0 Å². The Bertz CT molecular complexity index is 300. The van der Waals surface area contributed by atoms with Gasteiger partial charge in [-0.15, -0.1) is 0 Å². The van der Waals surface area contributed by atoms with Crippen LogP contribution in [0.5, 0.6) is 0 Å². The van der Waals surface area contributed by atoms with E-state index in [4.69, 9.17) is 0 Å². The highest BCUT2D eigenvalue weighted by Gasteiger charge is 2.24. The number of nitrogens with zero attached hydrogens (tertiary/aromatic N) is 1. The van der Waals surface area contributed by atoms with Gasteiger partial charge in [0.05, 0.1) is 0 Å². The first-order valence-corrected chi connectivity index (χ1v) is 7.33. The molecule has 1 heterocycles. The molecule has 2 fully saturated rings. The minimum atomic E-state index is 0.212. The molecule has 0 aromatic rings. The molecule has 4 heteroatoms. The Kier molecular flexibility index (Phi) is 5.02. The molecule has 2 aliphatic rings. The minimum Gasteiger partial charge on any atom is -0.356 e. The third-order valence-electron chi connectivity index (χ3n) is 4.05. The summed E-state index contributed by atoms with van der Waals surface area (Å²) in [4.78, 5) is 25.3. The third kappa shape index (κ3) is 3.72. The van der Waals surface area contributed by atoms with E-state index in [-0.39, 0.29) is 17.7 Å². The van der Waals surface area contributed by atoms with Crippen molar-refractivity contribution in [2.24, 2.45) is 5.92 Å². The van der Waals surface area contributed by atoms with E-state index in [9.17, 15) is 9.59 Å². The first-order valence-electron chi connectivity index (χ1n) is 7.33. The van der Waals surface area contributed by atoms with Crippen LogP contribution in [-0.4, -0.2) is 36.3 Å². The smallest absolute Gasteiger partial charge is 0.223 e. The van der Waals surface area contributed by atoms with Crippen LogP contribution in [0.2, 0.25) is 0 Å². The highest BCUT2D eigenvalue weighted by Crippen LogP contribution is 2.26. The monoisotopic (exact) mass is 252 g/mol. The van der Waals surface area contributed by atoms with Gasteiger partial charge in [-0.3, -0.25) is 9.59 Å². The van der Waals surface area contributed by atoms with E-state index in [1.807, 2.05) is 4.90 Å². The van der Waals surface area contributed by atoms with E-state index in [2.05, 4.69) is 5.32 Å². The zero-order chi connectivity index (χ0) is 12.8. The van der Waals surface area contributed by atoms with Gasteiger partial charge in [0.25, 0.3) is 0 Å². The van der Waals surface area contributed by atoms with Gasteiger partial charge in [-0.25, -0.2) is 0 Å². The summed E-state index contributed by atoms with van der Waals surface area (Å²) in [7, 11) is 0. The molecule has 18 heavy (non-hydrogen) atoms. The lowest BCUT2D eigenvalue weighted by Crippen LogP contribution is -2.37. The van der Waals surface area contributed by atoms with Crippen molar-refractivity contribution < 1.29 is 9.59 Å². The molecule has 2 rings (SSSR count). The second-order valence-corrected chi connectivity index (χ2v) is 5.46. The Hall–Kier alpha value is -1.06. The normalized spacial score (nSPS) is 21.3. The molecule has 0 spiro atoms. The molecular weight excluding hydrogens is 228 g/mol. The summed E-state index contributed by atoms with van der Waals surface area (Å²) in [5, 5.41) is 2.98. The standard InChI is InChI=1S/C14H24N2O2/c17-13-8-2-1-3-10-16(13)11-5-9-15-14(18)12-6-4-7-12/h12H,1-11H2,(H,15,18). The Morgan fingerprint density at radius 3 is 2.78 bits per heavy atom. The first kappa shape index (κ1) is 13.4. The minimum absolute atomic E-state index is 0.212. The highest BCUT2D eigenvalue weighted by molar-refractivity contribution is 5.79. The van der Waals surface area contributed by atoms with Crippen molar-refractivity contribution in [2.75, 3.05) is 19.6 Å². The molecule has 1 saturated carbocycles. The number of carbonyl (C=O) groups is 2. The van der Waals surface area contributed by atoms with Gasteiger partial charge in [-0.05, 0) is 32.1 Å². The predicted octanol–water partition coefficient (Wildman–Crippen LogP) is 1.70. The Morgan fingerprint density at radius 1 is 1.22 bits per heavy atom. The molecule has 0 atom stereocenters. The summed E-state index contributed by atoms with van der Waals surface area (Å²) in [6.45, 7) is 2.40. The van der Waals surface area contributed by atoms with Crippen molar-refractivity contribution in [3.05, 3.63) is 0 Å². The fourth-order valence-electron chi connectivity index (χ4n) is 2.57. The molecule has 0 aromatic heterocycles. The summed E-state index contributed by atoms with van der Waals surface area (Å²) in [6, 6.07) is 0. The van der Waals surface area contributed by atoms with Crippen molar-refractivity contribution in [1.29, 1.82) is 0 Å². The Morgan fingerprint density at radius 2 is 2.06 bits per heavy atom. The van der Waals surface area contributed by atoms with E-state index in [1.54, 1.807) is 0 Å². The quantitative estimate of drug-likeness (QED) is 0.757. The molecule has 1 aliphatic heterocycles. The van der Waals surface area contributed by atoms with Gasteiger partial charge in [0.15, 0.2) is 0 Å². The van der Waals surface area contributed by atoms with Crippen molar-refractivity contribution in [3.63, 3.8) is 0 Å². The Balaban J connectivity index is 1.59. The molecular formula is C14H24N2O2. The molecule has 0 bridgehead atoms. The summed E-state index contributed by atoms with van der Waals surface area (Å²) in [6.07, 6.45) is 8.21. The SMILES string of the molecule is O=C(NCCCN1CCCCCC1=O)C1CCC1.